The lowest BCUT2D eigenvalue weighted by Gasteiger charge is -2.19. The summed E-state index contributed by atoms with van der Waals surface area (Å²) in [7, 11) is 1.51. The van der Waals surface area contributed by atoms with Crippen LogP contribution in [0.4, 0.5) is 5.69 Å². The Balaban J connectivity index is 0.00000625. The average molecular weight is 385 g/mol. The summed E-state index contributed by atoms with van der Waals surface area (Å²) >= 11 is 0. The normalized spacial score (nSPS) is 11.3. The molecule has 0 bridgehead atoms. The number of carbonyl (C=O) groups is 3. The van der Waals surface area contributed by atoms with E-state index in [1.807, 2.05) is 45.9 Å². The summed E-state index contributed by atoms with van der Waals surface area (Å²) in [6, 6.07) is 4.98. The second kappa shape index (κ2) is 10.8. The van der Waals surface area contributed by atoms with Crippen molar-refractivity contribution in [2.75, 3.05) is 25.5 Å². The first kappa shape index (κ1) is 23.9. The fourth-order valence-electron chi connectivity index (χ4n) is 2.10. The number of aryl methyl sites for hydroxylation is 1. The smallest absolute Gasteiger partial charge is 0.243 e. The minimum absolute atomic E-state index is 0. The van der Waals surface area contributed by atoms with Crippen molar-refractivity contribution in [3.63, 3.8) is 0 Å². The van der Waals surface area contributed by atoms with E-state index in [0.717, 1.165) is 16.8 Å². The van der Waals surface area contributed by atoms with Crippen molar-refractivity contribution in [1.29, 1.82) is 0 Å². The minimum Gasteiger partial charge on any atom is -0.346 e. The predicted molar refractivity (Wildman–Crippen MR) is 105 cm³/mol. The molecule has 1 rings (SSSR count). The number of amides is 3. The zero-order valence-electron chi connectivity index (χ0n) is 16.0. The first-order valence-corrected chi connectivity index (χ1v) is 8.26. The van der Waals surface area contributed by atoms with Gasteiger partial charge in [0.2, 0.25) is 17.7 Å². The molecule has 0 aromatic heterocycles. The topological polar surface area (TPSA) is 105 Å². The third kappa shape index (κ3) is 7.01. The van der Waals surface area contributed by atoms with Crippen LogP contribution in [-0.2, 0) is 14.4 Å². The van der Waals surface area contributed by atoms with Crippen LogP contribution < -0.4 is 16.4 Å². The number of carbonyl (C=O) groups excluding carboxylic acids is 3. The van der Waals surface area contributed by atoms with Crippen molar-refractivity contribution in [2.24, 2.45) is 11.7 Å². The second-order valence-corrected chi connectivity index (χ2v) is 6.53. The van der Waals surface area contributed by atoms with Gasteiger partial charge in [0.1, 0.15) is 0 Å². The quantitative estimate of drug-likeness (QED) is 0.657. The van der Waals surface area contributed by atoms with E-state index in [2.05, 4.69) is 10.6 Å². The molecular formula is C18H29ClN4O3. The van der Waals surface area contributed by atoms with E-state index in [1.165, 1.54) is 11.9 Å². The molecule has 4 N–H and O–H groups in total. The molecule has 0 unspecified atom stereocenters. The third-order valence-corrected chi connectivity index (χ3v) is 4.12. The van der Waals surface area contributed by atoms with Gasteiger partial charge < -0.3 is 21.3 Å². The molecule has 0 saturated heterocycles. The van der Waals surface area contributed by atoms with E-state index >= 15 is 0 Å². The molecule has 26 heavy (non-hydrogen) atoms. The van der Waals surface area contributed by atoms with Gasteiger partial charge in [0, 0.05) is 12.7 Å². The molecule has 1 aromatic carbocycles. The van der Waals surface area contributed by atoms with Crippen molar-refractivity contribution >= 4 is 35.8 Å². The molecule has 146 valence electrons. The van der Waals surface area contributed by atoms with Crippen LogP contribution in [0.3, 0.4) is 0 Å². The van der Waals surface area contributed by atoms with Crippen LogP contribution in [-0.4, -0.2) is 48.8 Å². The van der Waals surface area contributed by atoms with E-state index < -0.39 is 6.04 Å². The highest BCUT2D eigenvalue weighted by molar-refractivity contribution is 5.96. The van der Waals surface area contributed by atoms with E-state index in [1.54, 1.807) is 0 Å². The number of anilines is 1. The van der Waals surface area contributed by atoms with Gasteiger partial charge in [-0.3, -0.25) is 14.4 Å². The summed E-state index contributed by atoms with van der Waals surface area (Å²) in [4.78, 5) is 37.2. The zero-order valence-corrected chi connectivity index (χ0v) is 16.8. The molecule has 1 aromatic rings. The van der Waals surface area contributed by atoms with E-state index in [0.29, 0.717) is 0 Å². The highest BCUT2D eigenvalue weighted by atomic mass is 35.5. The Morgan fingerprint density at radius 1 is 1.19 bits per heavy atom. The summed E-state index contributed by atoms with van der Waals surface area (Å²) in [5, 5.41) is 5.29. The average Bonchev–Trinajstić information content (AvgIpc) is 2.55. The van der Waals surface area contributed by atoms with Crippen LogP contribution >= 0.6 is 12.4 Å². The van der Waals surface area contributed by atoms with Crippen LogP contribution in [0.5, 0.6) is 0 Å². The Hall–Kier alpha value is -2.12. The highest BCUT2D eigenvalue weighted by Gasteiger charge is 2.19. The van der Waals surface area contributed by atoms with Gasteiger partial charge in [-0.15, -0.1) is 12.4 Å². The van der Waals surface area contributed by atoms with Crippen LogP contribution in [0.25, 0.3) is 0 Å². The van der Waals surface area contributed by atoms with Crippen molar-refractivity contribution in [3.05, 3.63) is 29.3 Å². The molecule has 0 fully saturated rings. The number of rotatable bonds is 7. The van der Waals surface area contributed by atoms with Crippen molar-refractivity contribution < 1.29 is 14.4 Å². The highest BCUT2D eigenvalue weighted by Crippen LogP contribution is 2.17. The van der Waals surface area contributed by atoms with E-state index in [9.17, 15) is 14.4 Å². The molecule has 0 aliphatic rings. The van der Waals surface area contributed by atoms with Crippen LogP contribution in [0.1, 0.15) is 25.0 Å². The van der Waals surface area contributed by atoms with Gasteiger partial charge in [0.05, 0.1) is 19.1 Å². The maximum atomic E-state index is 12.1. The summed E-state index contributed by atoms with van der Waals surface area (Å²) in [5.41, 5.74) is 8.50. The van der Waals surface area contributed by atoms with Gasteiger partial charge in [-0.05, 0) is 37.0 Å². The lowest BCUT2D eigenvalue weighted by atomic mass is 10.1. The van der Waals surface area contributed by atoms with Crippen molar-refractivity contribution in [1.82, 2.24) is 10.2 Å². The number of hydrogen-bond donors (Lipinski definition) is 3. The molecule has 0 saturated carbocycles. The molecule has 0 aliphatic carbocycles. The van der Waals surface area contributed by atoms with Crippen molar-refractivity contribution in [2.45, 2.75) is 33.7 Å². The van der Waals surface area contributed by atoms with E-state index in [4.69, 9.17) is 5.73 Å². The fourth-order valence-corrected chi connectivity index (χ4v) is 2.10. The number of likely N-dealkylation sites (N-methyl/N-ethyl adjacent to an activating group) is 1. The molecule has 0 radical (unpaired) electrons. The number of nitrogens with zero attached hydrogens (tertiary/aromatic N) is 1. The second-order valence-electron chi connectivity index (χ2n) is 6.53. The first-order chi connectivity index (χ1) is 11.6. The maximum Gasteiger partial charge on any atom is 0.243 e. The molecule has 7 nitrogen and oxygen atoms in total. The number of hydrogen-bond acceptors (Lipinski definition) is 4. The number of benzene rings is 1. The van der Waals surface area contributed by atoms with E-state index in [-0.39, 0.29) is 49.1 Å². The summed E-state index contributed by atoms with van der Waals surface area (Å²) in [6.07, 6.45) is 0. The van der Waals surface area contributed by atoms with Crippen molar-refractivity contribution in [3.8, 4) is 0 Å². The molecule has 0 aliphatic heterocycles. The Bertz CT molecular complexity index is 649. The molecule has 8 heteroatoms. The van der Waals surface area contributed by atoms with Gasteiger partial charge in [0.15, 0.2) is 0 Å². The number of halogens is 1. The summed E-state index contributed by atoms with van der Waals surface area (Å²) < 4.78 is 0. The third-order valence-electron chi connectivity index (χ3n) is 4.12. The van der Waals surface area contributed by atoms with Gasteiger partial charge in [-0.1, -0.05) is 26.0 Å². The summed E-state index contributed by atoms with van der Waals surface area (Å²) in [5.74, 6) is -1.05. The van der Waals surface area contributed by atoms with Crippen LogP contribution in [0.15, 0.2) is 18.2 Å². The zero-order chi connectivity index (χ0) is 19.1. The fraction of sp³-hybridized carbons (Fsp3) is 0.500. The summed E-state index contributed by atoms with van der Waals surface area (Å²) in [6.45, 7) is 7.26. The minimum atomic E-state index is -0.661. The first-order valence-electron chi connectivity index (χ1n) is 8.26. The van der Waals surface area contributed by atoms with Gasteiger partial charge >= 0.3 is 0 Å². The van der Waals surface area contributed by atoms with Crippen LogP contribution in [0.2, 0.25) is 0 Å². The Morgan fingerprint density at radius 3 is 2.38 bits per heavy atom. The van der Waals surface area contributed by atoms with Crippen LogP contribution in [0, 0.1) is 19.8 Å². The number of nitrogens with one attached hydrogen (secondary N) is 2. The molecule has 3 amide bonds. The molecule has 0 heterocycles. The molecular weight excluding hydrogens is 356 g/mol. The number of nitrogens with two attached hydrogens (primary N) is 1. The Morgan fingerprint density at radius 2 is 1.81 bits per heavy atom. The van der Waals surface area contributed by atoms with Gasteiger partial charge in [-0.25, -0.2) is 0 Å². The Labute approximate surface area is 161 Å². The Kier molecular flexibility index (Phi) is 9.90. The van der Waals surface area contributed by atoms with Gasteiger partial charge in [0.25, 0.3) is 0 Å². The lowest BCUT2D eigenvalue weighted by Crippen LogP contribution is -2.48. The molecule has 1 atom stereocenters. The standard InChI is InChI=1S/C18H28N4O3.ClH/c1-11(2)17(19)18(25)20-9-16(24)22(5)10-15(23)21-14-8-6-7-12(3)13(14)4;/h6-8,11,17H,9-10,19H2,1-5H3,(H,20,25)(H,21,23);1H/t17-;/m0./s1. The predicted octanol–water partition coefficient (Wildman–Crippen LogP) is 1.22. The molecule has 0 spiro atoms. The SMILES string of the molecule is Cc1cccc(NC(=O)CN(C)C(=O)CNC(=O)[C@@H](N)C(C)C)c1C.Cl. The largest absolute Gasteiger partial charge is 0.346 e. The van der Waals surface area contributed by atoms with Gasteiger partial charge in [-0.2, -0.15) is 0 Å². The lowest BCUT2D eigenvalue weighted by molar-refractivity contribution is -0.134. The maximum absolute atomic E-state index is 12.1. The monoisotopic (exact) mass is 384 g/mol.